The molecule has 1 saturated heterocycles. The minimum absolute atomic E-state index is 0.0402. The van der Waals surface area contributed by atoms with Gasteiger partial charge in [0.25, 0.3) is 0 Å². The topological polar surface area (TPSA) is 42.0 Å². The molecule has 0 saturated carbocycles. The van der Waals surface area contributed by atoms with Crippen LogP contribution in [-0.2, 0) is 15.1 Å². The van der Waals surface area contributed by atoms with Crippen molar-refractivity contribution in [3.05, 3.63) is 108 Å². The molecule has 1 heterocycles. The molecule has 1 fully saturated rings. The maximum atomic E-state index is 9.66. The van der Waals surface area contributed by atoms with Crippen molar-refractivity contribution >= 4 is 0 Å². The smallest absolute Gasteiger partial charge is 0.143 e. The summed E-state index contributed by atoms with van der Waals surface area (Å²) in [5.41, 5.74) is 1.80. The standard InChI is InChI=1S/C23H22O3/c24-16-22(17-25-22)18-26-23(19-10-4-1-5-11-19,20-12-6-2-7-13-20)21-14-8-3-9-15-21/h1-15,24H,16-18H2/t22-/m1/s1. The van der Waals surface area contributed by atoms with Gasteiger partial charge in [-0.15, -0.1) is 0 Å². The fourth-order valence-corrected chi connectivity index (χ4v) is 3.33. The summed E-state index contributed by atoms with van der Waals surface area (Å²) in [7, 11) is 0. The molecule has 3 aromatic rings. The van der Waals surface area contributed by atoms with Crippen LogP contribution in [0.25, 0.3) is 0 Å². The van der Waals surface area contributed by atoms with E-state index in [0.717, 1.165) is 16.7 Å². The fraction of sp³-hybridized carbons (Fsp3) is 0.217. The molecule has 0 aromatic heterocycles. The Morgan fingerprint density at radius 3 is 1.46 bits per heavy atom. The van der Waals surface area contributed by atoms with Gasteiger partial charge in [0.1, 0.15) is 11.2 Å². The summed E-state index contributed by atoms with van der Waals surface area (Å²) >= 11 is 0. The van der Waals surface area contributed by atoms with Gasteiger partial charge < -0.3 is 14.6 Å². The molecule has 4 rings (SSSR count). The summed E-state index contributed by atoms with van der Waals surface area (Å²) < 4.78 is 12.1. The van der Waals surface area contributed by atoms with Crippen LogP contribution in [0.15, 0.2) is 91.0 Å². The van der Waals surface area contributed by atoms with Crippen LogP contribution < -0.4 is 0 Å². The molecular weight excluding hydrogens is 324 g/mol. The zero-order valence-corrected chi connectivity index (χ0v) is 14.5. The molecule has 0 aliphatic carbocycles. The average Bonchev–Trinajstić information content (AvgIpc) is 3.51. The predicted octanol–water partition coefficient (Wildman–Crippen LogP) is 3.76. The second-order valence-corrected chi connectivity index (χ2v) is 6.70. The van der Waals surface area contributed by atoms with Gasteiger partial charge in [-0.25, -0.2) is 0 Å². The number of hydrogen-bond acceptors (Lipinski definition) is 3. The number of rotatable bonds is 7. The quantitative estimate of drug-likeness (QED) is 0.523. The van der Waals surface area contributed by atoms with E-state index >= 15 is 0 Å². The summed E-state index contributed by atoms with van der Waals surface area (Å²) in [6.45, 7) is 0.807. The number of ether oxygens (including phenoxy) is 2. The molecule has 26 heavy (non-hydrogen) atoms. The van der Waals surface area contributed by atoms with Crippen molar-refractivity contribution in [1.82, 2.24) is 0 Å². The lowest BCUT2D eigenvalue weighted by Crippen LogP contribution is -2.37. The van der Waals surface area contributed by atoms with Gasteiger partial charge in [0.2, 0.25) is 0 Å². The first kappa shape index (κ1) is 17.0. The van der Waals surface area contributed by atoms with Crippen molar-refractivity contribution in [2.24, 2.45) is 0 Å². The third kappa shape index (κ3) is 3.06. The van der Waals surface area contributed by atoms with E-state index in [1.807, 2.05) is 54.6 Å². The van der Waals surface area contributed by atoms with Crippen LogP contribution in [0.4, 0.5) is 0 Å². The molecular formula is C23H22O3. The van der Waals surface area contributed by atoms with E-state index in [-0.39, 0.29) is 6.61 Å². The predicted molar refractivity (Wildman–Crippen MR) is 101 cm³/mol. The molecule has 1 aliphatic rings. The first-order valence-corrected chi connectivity index (χ1v) is 8.84. The van der Waals surface area contributed by atoms with E-state index in [1.54, 1.807) is 0 Å². The molecule has 0 bridgehead atoms. The van der Waals surface area contributed by atoms with Crippen LogP contribution in [-0.4, -0.2) is 30.5 Å². The van der Waals surface area contributed by atoms with Crippen LogP contribution in [0.3, 0.4) is 0 Å². The lowest BCUT2D eigenvalue weighted by atomic mass is 9.80. The molecule has 3 heteroatoms. The van der Waals surface area contributed by atoms with Gasteiger partial charge in [0.15, 0.2) is 0 Å². The van der Waals surface area contributed by atoms with Gasteiger partial charge in [0.05, 0.1) is 19.8 Å². The maximum Gasteiger partial charge on any atom is 0.143 e. The summed E-state index contributed by atoms with van der Waals surface area (Å²) in [4.78, 5) is 0. The highest BCUT2D eigenvalue weighted by atomic mass is 16.6. The van der Waals surface area contributed by atoms with Gasteiger partial charge in [-0.1, -0.05) is 91.0 Å². The van der Waals surface area contributed by atoms with Crippen molar-refractivity contribution in [2.75, 3.05) is 19.8 Å². The van der Waals surface area contributed by atoms with Crippen LogP contribution in [0.1, 0.15) is 16.7 Å². The molecule has 0 unspecified atom stereocenters. The van der Waals surface area contributed by atoms with Crippen molar-refractivity contribution in [1.29, 1.82) is 0 Å². The Kier molecular flexibility index (Phi) is 4.60. The summed E-state index contributed by atoms with van der Waals surface area (Å²) in [6, 6.07) is 30.6. The van der Waals surface area contributed by atoms with E-state index in [0.29, 0.717) is 13.2 Å². The molecule has 3 nitrogen and oxygen atoms in total. The highest BCUT2D eigenvalue weighted by Crippen LogP contribution is 2.42. The van der Waals surface area contributed by atoms with Crippen LogP contribution in [0.2, 0.25) is 0 Å². The summed E-state index contributed by atoms with van der Waals surface area (Å²) in [5, 5.41) is 9.66. The van der Waals surface area contributed by atoms with Crippen molar-refractivity contribution < 1.29 is 14.6 Å². The third-order valence-corrected chi connectivity index (χ3v) is 4.93. The number of aliphatic hydroxyl groups excluding tert-OH is 1. The highest BCUT2D eigenvalue weighted by Gasteiger charge is 2.48. The van der Waals surface area contributed by atoms with E-state index in [9.17, 15) is 5.11 Å². The largest absolute Gasteiger partial charge is 0.393 e. The Labute approximate surface area is 153 Å². The minimum Gasteiger partial charge on any atom is -0.393 e. The zero-order valence-electron chi connectivity index (χ0n) is 14.5. The zero-order chi connectivity index (χ0) is 17.9. The number of hydrogen-bond donors (Lipinski definition) is 1. The van der Waals surface area contributed by atoms with E-state index < -0.39 is 11.2 Å². The van der Waals surface area contributed by atoms with Crippen LogP contribution >= 0.6 is 0 Å². The van der Waals surface area contributed by atoms with Gasteiger partial charge in [-0.3, -0.25) is 0 Å². The van der Waals surface area contributed by atoms with Crippen molar-refractivity contribution in [3.63, 3.8) is 0 Å². The fourth-order valence-electron chi connectivity index (χ4n) is 3.33. The minimum atomic E-state index is -0.766. The molecule has 0 spiro atoms. The average molecular weight is 346 g/mol. The molecule has 0 radical (unpaired) electrons. The Hall–Kier alpha value is -2.46. The normalized spacial score (nSPS) is 19.3. The summed E-state index contributed by atoms with van der Waals surface area (Å²) in [6.07, 6.45) is 0. The summed E-state index contributed by atoms with van der Waals surface area (Å²) in [5.74, 6) is 0. The van der Waals surface area contributed by atoms with Gasteiger partial charge in [-0.05, 0) is 16.7 Å². The second kappa shape index (κ2) is 7.04. The van der Waals surface area contributed by atoms with E-state index in [4.69, 9.17) is 9.47 Å². The molecule has 1 aliphatic heterocycles. The second-order valence-electron chi connectivity index (χ2n) is 6.70. The lowest BCUT2D eigenvalue weighted by Gasteiger charge is -2.36. The monoisotopic (exact) mass is 346 g/mol. The molecule has 1 atom stereocenters. The maximum absolute atomic E-state index is 9.66. The Morgan fingerprint density at radius 2 is 1.15 bits per heavy atom. The Bertz CT molecular complexity index is 730. The lowest BCUT2D eigenvalue weighted by molar-refractivity contribution is -0.0290. The highest BCUT2D eigenvalue weighted by molar-refractivity contribution is 5.47. The Morgan fingerprint density at radius 1 is 0.769 bits per heavy atom. The molecule has 1 N–H and O–H groups in total. The van der Waals surface area contributed by atoms with Crippen LogP contribution in [0.5, 0.6) is 0 Å². The van der Waals surface area contributed by atoms with Gasteiger partial charge in [-0.2, -0.15) is 0 Å². The molecule has 132 valence electrons. The molecule has 3 aromatic carbocycles. The number of aliphatic hydroxyl groups is 1. The Balaban J connectivity index is 1.88. The van der Waals surface area contributed by atoms with Crippen molar-refractivity contribution in [3.8, 4) is 0 Å². The van der Waals surface area contributed by atoms with Gasteiger partial charge >= 0.3 is 0 Å². The first-order chi connectivity index (χ1) is 12.8. The first-order valence-electron chi connectivity index (χ1n) is 8.84. The molecule has 0 amide bonds. The van der Waals surface area contributed by atoms with Gasteiger partial charge in [0, 0.05) is 0 Å². The van der Waals surface area contributed by atoms with E-state index in [2.05, 4.69) is 36.4 Å². The number of epoxide rings is 1. The third-order valence-electron chi connectivity index (χ3n) is 4.93. The van der Waals surface area contributed by atoms with Crippen molar-refractivity contribution in [2.45, 2.75) is 11.2 Å². The SMILES string of the molecule is OC[C@]1(COC(c2ccccc2)(c2ccccc2)c2ccccc2)CO1. The van der Waals surface area contributed by atoms with E-state index in [1.165, 1.54) is 0 Å². The van der Waals surface area contributed by atoms with Crippen LogP contribution in [0, 0.1) is 0 Å². The number of benzene rings is 3.